The smallest absolute Gasteiger partial charge is 0.406 e. The number of aromatic nitrogens is 2. The Balaban J connectivity index is 1.71. The fourth-order valence-corrected chi connectivity index (χ4v) is 3.28. The van der Waals surface area contributed by atoms with Crippen molar-refractivity contribution in [1.82, 2.24) is 20.1 Å². The first kappa shape index (κ1) is 23.5. The number of nitrogens with zero attached hydrogens (tertiary/aromatic N) is 4. The van der Waals surface area contributed by atoms with E-state index in [2.05, 4.69) is 19.7 Å². The van der Waals surface area contributed by atoms with Gasteiger partial charge in [-0.1, -0.05) is 17.3 Å². The van der Waals surface area contributed by atoms with Crippen LogP contribution in [0.2, 0.25) is 0 Å². The second-order valence-electron chi connectivity index (χ2n) is 7.65. The quantitative estimate of drug-likeness (QED) is 0.659. The summed E-state index contributed by atoms with van der Waals surface area (Å²) in [4.78, 5) is 28.5. The third-order valence-corrected chi connectivity index (χ3v) is 4.88. The molecule has 1 fully saturated rings. The highest BCUT2D eigenvalue weighted by molar-refractivity contribution is 5.95. The third-order valence-electron chi connectivity index (χ3n) is 4.88. The lowest BCUT2D eigenvalue weighted by molar-refractivity contribution is -0.274. The van der Waals surface area contributed by atoms with Gasteiger partial charge in [0, 0.05) is 19.1 Å². The number of aryl methyl sites for hydroxylation is 1. The van der Waals surface area contributed by atoms with Gasteiger partial charge in [-0.3, -0.25) is 9.59 Å². The highest BCUT2D eigenvalue weighted by atomic mass is 19.4. The lowest BCUT2D eigenvalue weighted by Crippen LogP contribution is -2.42. The standard InChI is InChI=1S/C20H23F3N4O5/c1-12(2)27-9-16(30-11-14-4-6-15(7-5-14)31-20(21,22)23)8-26(10-17(27)28)19(29)18-13(3)24-32-25-18/h4-7,12,16H,8-11H2,1-3H3/t16-/m0/s1. The number of hydrogen-bond acceptors (Lipinski definition) is 7. The van der Waals surface area contributed by atoms with E-state index in [0.29, 0.717) is 11.3 Å². The van der Waals surface area contributed by atoms with Crippen LogP contribution in [0.5, 0.6) is 5.75 Å². The van der Waals surface area contributed by atoms with Gasteiger partial charge in [0.1, 0.15) is 18.0 Å². The minimum Gasteiger partial charge on any atom is -0.406 e. The number of carbonyl (C=O) groups excluding carboxylic acids is 2. The van der Waals surface area contributed by atoms with E-state index in [1.807, 2.05) is 13.8 Å². The van der Waals surface area contributed by atoms with Gasteiger partial charge in [-0.2, -0.15) is 0 Å². The maximum absolute atomic E-state index is 12.9. The molecule has 1 aliphatic heterocycles. The van der Waals surface area contributed by atoms with E-state index in [4.69, 9.17) is 4.74 Å². The molecule has 1 atom stereocenters. The molecule has 1 saturated heterocycles. The SMILES string of the molecule is Cc1nonc1C(=O)N1CC(=O)N(C(C)C)C[C@@H](OCc2ccc(OC(F)(F)F)cc2)C1. The predicted octanol–water partition coefficient (Wildman–Crippen LogP) is 2.55. The summed E-state index contributed by atoms with van der Waals surface area (Å²) in [5.41, 5.74) is 0.946. The number of halogens is 3. The van der Waals surface area contributed by atoms with E-state index in [1.165, 1.54) is 29.2 Å². The molecule has 2 amide bonds. The predicted molar refractivity (Wildman–Crippen MR) is 103 cm³/mol. The van der Waals surface area contributed by atoms with Gasteiger partial charge in [0.25, 0.3) is 5.91 Å². The van der Waals surface area contributed by atoms with Gasteiger partial charge in [0.2, 0.25) is 5.91 Å². The molecule has 0 aliphatic carbocycles. The Kier molecular flexibility index (Phi) is 7.02. The van der Waals surface area contributed by atoms with Crippen LogP contribution in [0, 0.1) is 6.92 Å². The van der Waals surface area contributed by atoms with Crippen molar-refractivity contribution in [3.8, 4) is 5.75 Å². The van der Waals surface area contributed by atoms with Crippen LogP contribution in [0.15, 0.2) is 28.9 Å². The first-order valence-electron chi connectivity index (χ1n) is 9.87. The van der Waals surface area contributed by atoms with Gasteiger partial charge in [-0.25, -0.2) is 4.63 Å². The van der Waals surface area contributed by atoms with Gasteiger partial charge in [0.05, 0.1) is 12.7 Å². The van der Waals surface area contributed by atoms with Crippen LogP contribution in [0.25, 0.3) is 0 Å². The summed E-state index contributed by atoms with van der Waals surface area (Å²) in [6, 6.07) is 5.18. The zero-order valence-corrected chi connectivity index (χ0v) is 17.8. The Morgan fingerprint density at radius 2 is 1.91 bits per heavy atom. The molecule has 0 N–H and O–H groups in total. The van der Waals surface area contributed by atoms with E-state index in [1.54, 1.807) is 11.8 Å². The lowest BCUT2D eigenvalue weighted by Gasteiger charge is -2.27. The van der Waals surface area contributed by atoms with E-state index in [0.717, 1.165) is 0 Å². The molecule has 9 nitrogen and oxygen atoms in total. The van der Waals surface area contributed by atoms with Crippen molar-refractivity contribution in [3.63, 3.8) is 0 Å². The number of rotatable bonds is 6. The minimum atomic E-state index is -4.76. The zero-order valence-electron chi connectivity index (χ0n) is 17.8. The van der Waals surface area contributed by atoms with Crippen molar-refractivity contribution in [2.45, 2.75) is 45.9 Å². The van der Waals surface area contributed by atoms with E-state index >= 15 is 0 Å². The van der Waals surface area contributed by atoms with Crippen molar-refractivity contribution < 1.29 is 36.9 Å². The molecule has 0 radical (unpaired) electrons. The van der Waals surface area contributed by atoms with Crippen LogP contribution in [0.4, 0.5) is 13.2 Å². The van der Waals surface area contributed by atoms with Gasteiger partial charge in [-0.15, -0.1) is 13.2 Å². The van der Waals surface area contributed by atoms with Crippen molar-refractivity contribution >= 4 is 11.8 Å². The van der Waals surface area contributed by atoms with Crippen molar-refractivity contribution in [2.75, 3.05) is 19.6 Å². The number of benzene rings is 1. The zero-order chi connectivity index (χ0) is 23.5. The summed E-state index contributed by atoms with van der Waals surface area (Å²) in [5.74, 6) is -1.06. The lowest BCUT2D eigenvalue weighted by atomic mass is 10.2. The molecule has 1 aromatic heterocycles. The second-order valence-corrected chi connectivity index (χ2v) is 7.65. The average molecular weight is 456 g/mol. The Morgan fingerprint density at radius 1 is 1.22 bits per heavy atom. The van der Waals surface area contributed by atoms with Crippen molar-refractivity contribution in [2.24, 2.45) is 0 Å². The first-order valence-corrected chi connectivity index (χ1v) is 9.87. The fourth-order valence-electron chi connectivity index (χ4n) is 3.28. The molecule has 1 aromatic carbocycles. The molecule has 0 saturated carbocycles. The van der Waals surface area contributed by atoms with Crippen LogP contribution >= 0.6 is 0 Å². The molecule has 32 heavy (non-hydrogen) atoms. The molecular weight excluding hydrogens is 433 g/mol. The minimum absolute atomic E-state index is 0.0230. The topological polar surface area (TPSA) is 98.0 Å². The molecule has 2 aromatic rings. The van der Waals surface area contributed by atoms with E-state index in [9.17, 15) is 22.8 Å². The molecule has 0 spiro atoms. The van der Waals surface area contributed by atoms with Crippen LogP contribution < -0.4 is 4.74 Å². The van der Waals surface area contributed by atoms with Crippen LogP contribution in [-0.4, -0.2) is 70.1 Å². The molecular formula is C20H23F3N4O5. The van der Waals surface area contributed by atoms with Crippen LogP contribution in [-0.2, 0) is 16.1 Å². The summed E-state index contributed by atoms with van der Waals surface area (Å²) in [7, 11) is 0. The Morgan fingerprint density at radius 3 is 2.47 bits per heavy atom. The Hall–Kier alpha value is -3.15. The summed E-state index contributed by atoms with van der Waals surface area (Å²) >= 11 is 0. The molecule has 12 heteroatoms. The summed E-state index contributed by atoms with van der Waals surface area (Å²) < 4.78 is 51.3. The second kappa shape index (κ2) is 9.55. The number of amides is 2. The maximum Gasteiger partial charge on any atom is 0.573 e. The molecule has 0 bridgehead atoms. The Labute approximate surface area is 182 Å². The molecule has 174 valence electrons. The highest BCUT2D eigenvalue weighted by Gasteiger charge is 2.34. The summed E-state index contributed by atoms with van der Waals surface area (Å²) in [6.45, 7) is 5.59. The first-order chi connectivity index (χ1) is 15.0. The maximum atomic E-state index is 12.9. The molecule has 0 unspecified atom stereocenters. The monoisotopic (exact) mass is 456 g/mol. The van der Waals surface area contributed by atoms with Crippen molar-refractivity contribution in [1.29, 1.82) is 0 Å². The van der Waals surface area contributed by atoms with Gasteiger partial charge in [-0.05, 0) is 43.6 Å². The highest BCUT2D eigenvalue weighted by Crippen LogP contribution is 2.23. The molecule has 3 rings (SSSR count). The molecule has 1 aliphatic rings. The van der Waals surface area contributed by atoms with Gasteiger partial charge < -0.3 is 19.3 Å². The van der Waals surface area contributed by atoms with E-state index < -0.39 is 18.4 Å². The van der Waals surface area contributed by atoms with Gasteiger partial charge >= 0.3 is 6.36 Å². The fraction of sp³-hybridized carbons (Fsp3) is 0.500. The number of ether oxygens (including phenoxy) is 2. The number of alkyl halides is 3. The normalized spacial score (nSPS) is 17.6. The Bertz CT molecular complexity index is 945. The van der Waals surface area contributed by atoms with Gasteiger partial charge in [0.15, 0.2) is 5.69 Å². The number of hydrogen-bond donors (Lipinski definition) is 0. The van der Waals surface area contributed by atoms with Crippen LogP contribution in [0.3, 0.4) is 0 Å². The largest absolute Gasteiger partial charge is 0.573 e. The molecule has 2 heterocycles. The number of carbonyl (C=O) groups is 2. The third kappa shape index (κ3) is 5.96. The summed E-state index contributed by atoms with van der Waals surface area (Å²) in [6.07, 6.45) is -5.29. The van der Waals surface area contributed by atoms with Crippen LogP contribution in [0.1, 0.15) is 35.6 Å². The van der Waals surface area contributed by atoms with E-state index in [-0.39, 0.29) is 49.6 Å². The average Bonchev–Trinajstić information content (AvgIpc) is 3.05. The van der Waals surface area contributed by atoms with Crippen molar-refractivity contribution in [3.05, 3.63) is 41.2 Å². The summed E-state index contributed by atoms with van der Waals surface area (Å²) in [5, 5.41) is 7.22.